The van der Waals surface area contributed by atoms with Crippen molar-refractivity contribution in [2.75, 3.05) is 0 Å². The van der Waals surface area contributed by atoms with E-state index in [1.807, 2.05) is 39.8 Å². The molecule has 1 saturated carbocycles. The Hall–Kier alpha value is -3.09. The van der Waals surface area contributed by atoms with Gasteiger partial charge in [0.1, 0.15) is 5.82 Å². The number of halogens is 1. The molecule has 1 aromatic carbocycles. The van der Waals surface area contributed by atoms with Crippen molar-refractivity contribution in [2.24, 2.45) is 0 Å². The fraction of sp³-hybridized carbons (Fsp3) is 0.364. The Morgan fingerprint density at radius 3 is 2.45 bits per heavy atom. The molecular weight excluding hydrogens is 369 g/mol. The number of carbonyl (C=O) groups excluding carboxylic acids is 1. The van der Waals surface area contributed by atoms with E-state index in [-0.39, 0.29) is 18.1 Å². The quantitative estimate of drug-likeness (QED) is 0.721. The summed E-state index contributed by atoms with van der Waals surface area (Å²) in [5, 5.41) is 7.67. The van der Waals surface area contributed by atoms with Crippen molar-refractivity contribution in [3.8, 4) is 5.95 Å². The van der Waals surface area contributed by atoms with Crippen LogP contribution >= 0.6 is 0 Å². The van der Waals surface area contributed by atoms with Crippen LogP contribution in [0.1, 0.15) is 46.7 Å². The lowest BCUT2D eigenvalue weighted by molar-refractivity contribution is -0.121. The summed E-state index contributed by atoms with van der Waals surface area (Å²) in [4.78, 5) is 21.8. The van der Waals surface area contributed by atoms with Gasteiger partial charge in [-0.05, 0) is 64.3 Å². The van der Waals surface area contributed by atoms with Gasteiger partial charge in [0.15, 0.2) is 0 Å². The number of rotatable bonds is 5. The fourth-order valence-electron chi connectivity index (χ4n) is 3.80. The maximum absolute atomic E-state index is 13.6. The van der Waals surface area contributed by atoms with Gasteiger partial charge in [-0.3, -0.25) is 4.79 Å². The maximum atomic E-state index is 13.6. The van der Waals surface area contributed by atoms with E-state index in [0.717, 1.165) is 46.7 Å². The third kappa shape index (κ3) is 3.77. The molecule has 0 aliphatic heterocycles. The van der Waals surface area contributed by atoms with Crippen LogP contribution in [0, 0.1) is 33.5 Å². The predicted octanol–water partition coefficient (Wildman–Crippen LogP) is 3.38. The van der Waals surface area contributed by atoms with Crippen LogP contribution in [-0.2, 0) is 16.8 Å². The number of amides is 1. The summed E-state index contributed by atoms with van der Waals surface area (Å²) in [7, 11) is 0. The Labute approximate surface area is 169 Å². The molecule has 0 spiro atoms. The third-order valence-electron chi connectivity index (χ3n) is 5.44. The van der Waals surface area contributed by atoms with Gasteiger partial charge in [0.2, 0.25) is 5.91 Å². The van der Waals surface area contributed by atoms with E-state index < -0.39 is 5.54 Å². The molecule has 1 amide bonds. The Kier molecular flexibility index (Phi) is 4.68. The maximum Gasteiger partial charge on any atom is 0.251 e. The molecule has 0 bridgehead atoms. The van der Waals surface area contributed by atoms with E-state index >= 15 is 0 Å². The molecule has 6 nitrogen and oxygen atoms in total. The molecule has 2 aromatic heterocycles. The van der Waals surface area contributed by atoms with E-state index in [1.54, 1.807) is 10.7 Å². The second-order valence-electron chi connectivity index (χ2n) is 7.83. The summed E-state index contributed by atoms with van der Waals surface area (Å²) in [5.41, 5.74) is 4.58. The molecule has 7 heteroatoms. The first kappa shape index (κ1) is 19.2. The van der Waals surface area contributed by atoms with Crippen LogP contribution in [0.4, 0.5) is 4.39 Å². The molecule has 1 N–H and O–H groups in total. The van der Waals surface area contributed by atoms with Gasteiger partial charge >= 0.3 is 0 Å². The lowest BCUT2D eigenvalue weighted by Crippen LogP contribution is -2.36. The Bertz CT molecular complexity index is 1080. The van der Waals surface area contributed by atoms with E-state index in [0.29, 0.717) is 5.95 Å². The molecule has 1 fully saturated rings. The minimum absolute atomic E-state index is 0.0983. The van der Waals surface area contributed by atoms with Crippen molar-refractivity contribution in [1.82, 2.24) is 25.1 Å². The van der Waals surface area contributed by atoms with E-state index in [4.69, 9.17) is 0 Å². The molecule has 1 aliphatic carbocycles. The van der Waals surface area contributed by atoms with Gasteiger partial charge in [-0.1, -0.05) is 12.1 Å². The zero-order valence-corrected chi connectivity index (χ0v) is 17.1. The van der Waals surface area contributed by atoms with Gasteiger partial charge in [0, 0.05) is 22.6 Å². The van der Waals surface area contributed by atoms with Crippen LogP contribution in [0.5, 0.6) is 0 Å². The van der Waals surface area contributed by atoms with Gasteiger partial charge < -0.3 is 5.32 Å². The molecule has 3 aromatic rings. The van der Waals surface area contributed by atoms with Crippen molar-refractivity contribution in [2.45, 2.75) is 52.5 Å². The standard InChI is InChI=1S/C22H24FN5O/c1-13-10-14(2)25-21(24-13)28-16(4)19(15(3)27-28)12-20(29)26-22(8-9-22)17-6-5-7-18(23)11-17/h5-7,10-11H,8-9,12H2,1-4H3,(H,26,29). The number of hydrogen-bond donors (Lipinski definition) is 1. The molecule has 1 aliphatic rings. The first-order valence-corrected chi connectivity index (χ1v) is 9.72. The van der Waals surface area contributed by atoms with Gasteiger partial charge in [-0.25, -0.2) is 19.0 Å². The average molecular weight is 393 g/mol. The van der Waals surface area contributed by atoms with Crippen LogP contribution in [0.15, 0.2) is 30.3 Å². The Morgan fingerprint density at radius 1 is 1.14 bits per heavy atom. The number of carbonyl (C=O) groups is 1. The van der Waals surface area contributed by atoms with Gasteiger partial charge in [-0.2, -0.15) is 5.10 Å². The topological polar surface area (TPSA) is 72.7 Å². The van der Waals surface area contributed by atoms with E-state index in [1.165, 1.54) is 12.1 Å². The highest BCUT2D eigenvalue weighted by Crippen LogP contribution is 2.45. The largest absolute Gasteiger partial charge is 0.346 e. The van der Waals surface area contributed by atoms with E-state index in [2.05, 4.69) is 20.4 Å². The van der Waals surface area contributed by atoms with Crippen molar-refractivity contribution in [3.63, 3.8) is 0 Å². The SMILES string of the molecule is Cc1cc(C)nc(-n2nc(C)c(CC(=O)NC3(c4cccc(F)c4)CC3)c2C)n1. The molecule has 4 rings (SSSR count). The second-order valence-corrected chi connectivity index (χ2v) is 7.83. The summed E-state index contributed by atoms with van der Waals surface area (Å²) in [6.07, 6.45) is 1.84. The highest BCUT2D eigenvalue weighted by Gasteiger charge is 2.45. The molecular formula is C22H24FN5O. The Balaban J connectivity index is 1.56. The van der Waals surface area contributed by atoms with Gasteiger partial charge in [0.05, 0.1) is 17.7 Å². The molecule has 2 heterocycles. The molecule has 150 valence electrons. The Morgan fingerprint density at radius 2 is 1.83 bits per heavy atom. The minimum atomic E-state index is -0.451. The molecule has 0 atom stereocenters. The third-order valence-corrected chi connectivity index (χ3v) is 5.44. The highest BCUT2D eigenvalue weighted by molar-refractivity contribution is 5.80. The van der Waals surface area contributed by atoms with Crippen LogP contribution in [0.2, 0.25) is 0 Å². The number of nitrogens with zero attached hydrogens (tertiary/aromatic N) is 4. The highest BCUT2D eigenvalue weighted by atomic mass is 19.1. The predicted molar refractivity (Wildman–Crippen MR) is 107 cm³/mol. The van der Waals surface area contributed by atoms with Crippen LogP contribution in [0.25, 0.3) is 5.95 Å². The first-order valence-electron chi connectivity index (χ1n) is 9.72. The first-order chi connectivity index (χ1) is 13.8. The monoisotopic (exact) mass is 393 g/mol. The van der Waals surface area contributed by atoms with Crippen LogP contribution in [0.3, 0.4) is 0 Å². The lowest BCUT2D eigenvalue weighted by atomic mass is 10.0. The van der Waals surface area contributed by atoms with Crippen LogP contribution < -0.4 is 5.32 Å². The zero-order valence-electron chi connectivity index (χ0n) is 17.1. The van der Waals surface area contributed by atoms with E-state index in [9.17, 15) is 9.18 Å². The van der Waals surface area contributed by atoms with Crippen molar-refractivity contribution < 1.29 is 9.18 Å². The molecule has 0 unspecified atom stereocenters. The van der Waals surface area contributed by atoms with Gasteiger partial charge in [0.25, 0.3) is 5.95 Å². The van der Waals surface area contributed by atoms with Crippen molar-refractivity contribution in [1.29, 1.82) is 0 Å². The number of hydrogen-bond acceptors (Lipinski definition) is 4. The fourth-order valence-corrected chi connectivity index (χ4v) is 3.80. The molecule has 29 heavy (non-hydrogen) atoms. The minimum Gasteiger partial charge on any atom is -0.346 e. The summed E-state index contributed by atoms with van der Waals surface area (Å²) in [5.74, 6) is 0.122. The summed E-state index contributed by atoms with van der Waals surface area (Å²) in [6.45, 7) is 7.64. The molecule has 0 saturated heterocycles. The van der Waals surface area contributed by atoms with Crippen LogP contribution in [-0.4, -0.2) is 25.7 Å². The number of aryl methyl sites for hydroxylation is 3. The normalized spacial score (nSPS) is 14.7. The van der Waals surface area contributed by atoms with Gasteiger partial charge in [-0.15, -0.1) is 0 Å². The lowest BCUT2D eigenvalue weighted by Gasteiger charge is -2.18. The number of nitrogens with one attached hydrogen (secondary N) is 1. The summed E-state index contributed by atoms with van der Waals surface area (Å²) >= 11 is 0. The summed E-state index contributed by atoms with van der Waals surface area (Å²) in [6, 6.07) is 8.36. The van der Waals surface area contributed by atoms with Crippen molar-refractivity contribution >= 4 is 5.91 Å². The van der Waals surface area contributed by atoms with Crippen molar-refractivity contribution in [3.05, 3.63) is 70.1 Å². The molecule has 0 radical (unpaired) electrons. The number of aromatic nitrogens is 4. The second kappa shape index (κ2) is 7.06. The smallest absolute Gasteiger partial charge is 0.251 e. The number of benzene rings is 1. The zero-order chi connectivity index (χ0) is 20.8. The summed E-state index contributed by atoms with van der Waals surface area (Å²) < 4.78 is 15.3. The average Bonchev–Trinajstić information content (AvgIpc) is 3.37.